The van der Waals surface area contributed by atoms with E-state index in [1.54, 1.807) is 21.9 Å². The summed E-state index contributed by atoms with van der Waals surface area (Å²) >= 11 is 0. The van der Waals surface area contributed by atoms with Gasteiger partial charge < -0.3 is 9.64 Å². The summed E-state index contributed by atoms with van der Waals surface area (Å²) in [6.07, 6.45) is 0.901. The topological polar surface area (TPSA) is 49.9 Å². The van der Waals surface area contributed by atoms with Gasteiger partial charge in [0.2, 0.25) is 0 Å². The number of hydrogen-bond acceptors (Lipinski definition) is 3. The first kappa shape index (κ1) is 18.5. The van der Waals surface area contributed by atoms with Gasteiger partial charge in [-0.25, -0.2) is 9.59 Å². The number of esters is 1. The maximum atomic E-state index is 12.8. The molecule has 5 heteroatoms. The van der Waals surface area contributed by atoms with Crippen molar-refractivity contribution in [3.05, 3.63) is 65.7 Å². The summed E-state index contributed by atoms with van der Waals surface area (Å²) in [6, 6.07) is 16.6. The molecule has 2 amide bonds. The van der Waals surface area contributed by atoms with Crippen LogP contribution in [0.15, 0.2) is 54.6 Å². The highest BCUT2D eigenvalue weighted by molar-refractivity contribution is 5.92. The van der Waals surface area contributed by atoms with Gasteiger partial charge in [-0.3, -0.25) is 4.90 Å². The number of hydrogen-bond donors (Lipinski definition) is 0. The van der Waals surface area contributed by atoms with Crippen LogP contribution < -0.4 is 4.90 Å². The van der Waals surface area contributed by atoms with E-state index in [9.17, 15) is 9.59 Å². The molecule has 0 aliphatic carbocycles. The number of methoxy groups -OCH3 is 1. The van der Waals surface area contributed by atoms with Gasteiger partial charge >= 0.3 is 12.0 Å². The van der Waals surface area contributed by atoms with Gasteiger partial charge in [0, 0.05) is 19.3 Å². The normalized spacial score (nSPS) is 10.2. The number of nitrogens with zero attached hydrogens (tertiary/aromatic N) is 2. The molecule has 0 aromatic heterocycles. The van der Waals surface area contributed by atoms with E-state index in [1.165, 1.54) is 7.11 Å². The van der Waals surface area contributed by atoms with Gasteiger partial charge in [0.05, 0.1) is 19.2 Å². The van der Waals surface area contributed by atoms with Gasteiger partial charge in [0.15, 0.2) is 0 Å². The van der Waals surface area contributed by atoms with Crippen molar-refractivity contribution >= 4 is 17.7 Å². The van der Waals surface area contributed by atoms with Crippen LogP contribution in [0.1, 0.15) is 29.3 Å². The van der Waals surface area contributed by atoms with Crippen molar-refractivity contribution in [2.45, 2.75) is 19.9 Å². The van der Waals surface area contributed by atoms with Gasteiger partial charge in [-0.2, -0.15) is 0 Å². The number of anilines is 1. The molecule has 0 bridgehead atoms. The first-order valence-electron chi connectivity index (χ1n) is 8.31. The minimum absolute atomic E-state index is 0.0508. The highest BCUT2D eigenvalue weighted by Gasteiger charge is 2.19. The molecule has 0 N–H and O–H groups in total. The second-order valence-electron chi connectivity index (χ2n) is 5.81. The van der Waals surface area contributed by atoms with Crippen LogP contribution in [0.4, 0.5) is 10.5 Å². The fourth-order valence-corrected chi connectivity index (χ4v) is 2.56. The molecular weight excluding hydrogens is 316 g/mol. The second-order valence-corrected chi connectivity index (χ2v) is 5.81. The van der Waals surface area contributed by atoms with Crippen LogP contribution in [-0.2, 0) is 11.3 Å². The third kappa shape index (κ3) is 4.83. The molecule has 0 aliphatic heterocycles. The molecule has 2 aromatic carbocycles. The van der Waals surface area contributed by atoms with Gasteiger partial charge in [0.1, 0.15) is 0 Å². The number of para-hydroxylation sites is 1. The van der Waals surface area contributed by atoms with Crippen LogP contribution in [0.5, 0.6) is 0 Å². The Morgan fingerprint density at radius 1 is 1.00 bits per heavy atom. The number of rotatable bonds is 6. The average molecular weight is 340 g/mol. The van der Waals surface area contributed by atoms with E-state index in [4.69, 9.17) is 4.74 Å². The number of carbonyl (C=O) groups excluding carboxylic acids is 2. The number of benzene rings is 2. The van der Waals surface area contributed by atoms with Crippen molar-refractivity contribution in [2.75, 3.05) is 25.6 Å². The second kappa shape index (κ2) is 8.87. The molecule has 0 unspecified atom stereocenters. The molecule has 0 atom stereocenters. The third-order valence-corrected chi connectivity index (χ3v) is 3.90. The zero-order chi connectivity index (χ0) is 18.2. The largest absolute Gasteiger partial charge is 0.465 e. The van der Waals surface area contributed by atoms with Gasteiger partial charge in [-0.15, -0.1) is 0 Å². The molecule has 0 radical (unpaired) electrons. The van der Waals surface area contributed by atoms with Crippen LogP contribution in [-0.4, -0.2) is 37.6 Å². The smallest absolute Gasteiger partial charge is 0.337 e. The number of ether oxygens (including phenoxy) is 1. The van der Waals surface area contributed by atoms with Crippen molar-refractivity contribution in [2.24, 2.45) is 0 Å². The summed E-state index contributed by atoms with van der Waals surface area (Å²) < 4.78 is 4.71. The maximum Gasteiger partial charge on any atom is 0.337 e. The molecule has 2 aromatic rings. The fraction of sp³-hybridized carbons (Fsp3) is 0.300. The highest BCUT2D eigenvalue weighted by Crippen LogP contribution is 2.19. The Bertz CT molecular complexity index is 699. The van der Waals surface area contributed by atoms with Crippen molar-refractivity contribution in [3.63, 3.8) is 0 Å². The minimum atomic E-state index is -0.370. The average Bonchev–Trinajstić information content (AvgIpc) is 2.66. The molecule has 132 valence electrons. The zero-order valence-electron chi connectivity index (χ0n) is 14.9. The Labute approximate surface area is 148 Å². The lowest BCUT2D eigenvalue weighted by molar-refractivity contribution is 0.0600. The lowest BCUT2D eigenvalue weighted by Crippen LogP contribution is -2.41. The summed E-state index contributed by atoms with van der Waals surface area (Å²) in [5.74, 6) is -0.370. The molecule has 0 fully saturated rings. The van der Waals surface area contributed by atoms with E-state index in [-0.39, 0.29) is 12.0 Å². The van der Waals surface area contributed by atoms with Crippen LogP contribution in [0.2, 0.25) is 0 Å². The molecule has 0 saturated heterocycles. The van der Waals surface area contributed by atoms with E-state index >= 15 is 0 Å². The third-order valence-electron chi connectivity index (χ3n) is 3.90. The van der Waals surface area contributed by atoms with Crippen molar-refractivity contribution < 1.29 is 14.3 Å². The van der Waals surface area contributed by atoms with Crippen molar-refractivity contribution in [1.29, 1.82) is 0 Å². The zero-order valence-corrected chi connectivity index (χ0v) is 14.9. The van der Waals surface area contributed by atoms with E-state index in [1.807, 2.05) is 56.4 Å². The maximum absolute atomic E-state index is 12.8. The predicted octanol–water partition coefficient (Wildman–Crippen LogP) is 3.94. The van der Waals surface area contributed by atoms with Gasteiger partial charge in [0.25, 0.3) is 0 Å². The molecule has 0 aliphatic rings. The molecule has 0 saturated carbocycles. The first-order chi connectivity index (χ1) is 12.1. The molecule has 25 heavy (non-hydrogen) atoms. The summed E-state index contributed by atoms with van der Waals surface area (Å²) in [5, 5.41) is 0. The molecule has 2 rings (SSSR count). The van der Waals surface area contributed by atoms with Crippen LogP contribution in [0.25, 0.3) is 0 Å². The first-order valence-corrected chi connectivity index (χ1v) is 8.31. The molecule has 0 spiro atoms. The minimum Gasteiger partial charge on any atom is -0.465 e. The number of urea groups is 1. The lowest BCUT2D eigenvalue weighted by atomic mass is 10.1. The Morgan fingerprint density at radius 2 is 1.64 bits per heavy atom. The summed E-state index contributed by atoms with van der Waals surface area (Å²) in [7, 11) is 3.16. The Balaban J connectivity index is 2.24. The van der Waals surface area contributed by atoms with E-state index < -0.39 is 0 Å². The van der Waals surface area contributed by atoms with Crippen LogP contribution >= 0.6 is 0 Å². The number of amides is 2. The monoisotopic (exact) mass is 340 g/mol. The molecule has 5 nitrogen and oxygen atoms in total. The molecular formula is C20H24N2O3. The highest BCUT2D eigenvalue weighted by atomic mass is 16.5. The predicted molar refractivity (Wildman–Crippen MR) is 98.7 cm³/mol. The van der Waals surface area contributed by atoms with E-state index in [0.29, 0.717) is 18.7 Å². The summed E-state index contributed by atoms with van der Waals surface area (Å²) in [6.45, 7) is 3.17. The van der Waals surface area contributed by atoms with Gasteiger partial charge in [-0.1, -0.05) is 37.3 Å². The van der Waals surface area contributed by atoms with Crippen molar-refractivity contribution in [3.8, 4) is 0 Å². The summed E-state index contributed by atoms with van der Waals surface area (Å²) in [5.41, 5.74) is 2.27. The van der Waals surface area contributed by atoms with E-state index in [0.717, 1.165) is 17.7 Å². The van der Waals surface area contributed by atoms with Crippen LogP contribution in [0, 0.1) is 0 Å². The SMILES string of the molecule is CCCN(C)C(=O)N(Cc1ccc(C(=O)OC)cc1)c1ccccc1. The fourth-order valence-electron chi connectivity index (χ4n) is 2.56. The standard InChI is InChI=1S/C20H24N2O3/c1-4-14-21(2)20(24)22(18-8-6-5-7-9-18)15-16-10-12-17(13-11-16)19(23)25-3/h5-13H,4,14-15H2,1-3H3. The van der Waals surface area contributed by atoms with Gasteiger partial charge in [-0.05, 0) is 36.2 Å². The van der Waals surface area contributed by atoms with E-state index in [2.05, 4.69) is 0 Å². The molecule has 0 heterocycles. The Hall–Kier alpha value is -2.82. The Kier molecular flexibility index (Phi) is 6.57. The van der Waals surface area contributed by atoms with Crippen molar-refractivity contribution in [1.82, 2.24) is 4.90 Å². The lowest BCUT2D eigenvalue weighted by Gasteiger charge is -2.28. The summed E-state index contributed by atoms with van der Waals surface area (Å²) in [4.78, 5) is 27.8. The quantitative estimate of drug-likeness (QED) is 0.748. The van der Waals surface area contributed by atoms with Crippen LogP contribution in [0.3, 0.4) is 0 Å². The Morgan fingerprint density at radius 3 is 2.20 bits per heavy atom. The number of carbonyl (C=O) groups is 2.